The van der Waals surface area contributed by atoms with Gasteiger partial charge in [-0.15, -0.1) is 0 Å². The van der Waals surface area contributed by atoms with E-state index in [2.05, 4.69) is 44.3 Å². The van der Waals surface area contributed by atoms with Crippen molar-refractivity contribution in [1.82, 2.24) is 5.32 Å². The number of benzene rings is 1. The first-order valence-corrected chi connectivity index (χ1v) is 8.54. The molecule has 0 heterocycles. The number of methoxy groups -OCH3 is 1. The van der Waals surface area contributed by atoms with Gasteiger partial charge in [-0.25, -0.2) is 0 Å². The number of hydrogen-bond donors (Lipinski definition) is 1. The number of nitrogens with one attached hydrogen (secondary N) is 1. The van der Waals surface area contributed by atoms with Crippen molar-refractivity contribution >= 4 is 0 Å². The lowest BCUT2D eigenvalue weighted by Crippen LogP contribution is -2.37. The summed E-state index contributed by atoms with van der Waals surface area (Å²) in [7, 11) is 1.74. The van der Waals surface area contributed by atoms with Crippen LogP contribution in [-0.4, -0.2) is 13.7 Å². The van der Waals surface area contributed by atoms with E-state index in [0.717, 1.165) is 12.3 Å². The molecule has 2 nitrogen and oxygen atoms in total. The fraction of sp³-hybridized carbons (Fsp3) is 0.684. The molecule has 0 radical (unpaired) electrons. The van der Waals surface area contributed by atoms with E-state index in [0.29, 0.717) is 11.5 Å². The minimum absolute atomic E-state index is 0.439. The van der Waals surface area contributed by atoms with Gasteiger partial charge in [-0.3, -0.25) is 0 Å². The normalized spacial score (nSPS) is 18.7. The molecule has 2 heteroatoms. The average molecular weight is 289 g/mol. The number of ether oxygens (including phenoxy) is 1. The Morgan fingerprint density at radius 3 is 2.48 bits per heavy atom. The van der Waals surface area contributed by atoms with Crippen LogP contribution in [0, 0.1) is 12.3 Å². The van der Waals surface area contributed by atoms with E-state index in [1.54, 1.807) is 7.11 Å². The maximum atomic E-state index is 5.37. The lowest BCUT2D eigenvalue weighted by atomic mass is 9.72. The molecule has 118 valence electrons. The molecule has 1 fully saturated rings. The Bertz CT molecular complexity index is 449. The zero-order valence-corrected chi connectivity index (χ0v) is 14.2. The van der Waals surface area contributed by atoms with Crippen molar-refractivity contribution in [1.29, 1.82) is 0 Å². The molecular formula is C19H31NO. The zero-order chi connectivity index (χ0) is 15.3. The highest BCUT2D eigenvalue weighted by molar-refractivity contribution is 5.37. The lowest BCUT2D eigenvalue weighted by molar-refractivity contribution is 0.186. The Balaban J connectivity index is 2.35. The van der Waals surface area contributed by atoms with Gasteiger partial charge in [0.1, 0.15) is 5.75 Å². The summed E-state index contributed by atoms with van der Waals surface area (Å²) in [6.45, 7) is 7.93. The summed E-state index contributed by atoms with van der Waals surface area (Å²) in [5.41, 5.74) is 3.25. The summed E-state index contributed by atoms with van der Waals surface area (Å²) >= 11 is 0. The summed E-state index contributed by atoms with van der Waals surface area (Å²) in [6.07, 6.45) is 7.93. The van der Waals surface area contributed by atoms with Crippen LogP contribution in [-0.2, 0) is 0 Å². The van der Waals surface area contributed by atoms with Crippen molar-refractivity contribution < 1.29 is 4.74 Å². The molecule has 0 amide bonds. The number of aryl methyl sites for hydroxylation is 1. The molecule has 0 spiro atoms. The molecule has 0 aromatic heterocycles. The molecule has 1 saturated carbocycles. The molecular weight excluding hydrogens is 258 g/mol. The maximum absolute atomic E-state index is 5.37. The lowest BCUT2D eigenvalue weighted by Gasteiger charge is -2.39. The molecule has 1 aromatic rings. The highest BCUT2D eigenvalue weighted by Crippen LogP contribution is 2.50. The highest BCUT2D eigenvalue weighted by atomic mass is 16.5. The minimum atomic E-state index is 0.439. The van der Waals surface area contributed by atoms with Gasteiger partial charge in [-0.05, 0) is 67.8 Å². The van der Waals surface area contributed by atoms with Crippen LogP contribution in [0.4, 0.5) is 0 Å². The van der Waals surface area contributed by atoms with Gasteiger partial charge < -0.3 is 10.1 Å². The van der Waals surface area contributed by atoms with Gasteiger partial charge in [0.2, 0.25) is 0 Å². The van der Waals surface area contributed by atoms with E-state index >= 15 is 0 Å². The third-order valence-electron chi connectivity index (χ3n) is 5.30. The van der Waals surface area contributed by atoms with E-state index in [9.17, 15) is 0 Å². The first-order valence-electron chi connectivity index (χ1n) is 8.54. The Morgan fingerprint density at radius 2 is 1.95 bits per heavy atom. The van der Waals surface area contributed by atoms with Crippen LogP contribution >= 0.6 is 0 Å². The van der Waals surface area contributed by atoms with Crippen LogP contribution in [0.3, 0.4) is 0 Å². The van der Waals surface area contributed by atoms with Gasteiger partial charge in [0, 0.05) is 6.04 Å². The Kier molecular flexibility index (Phi) is 5.69. The van der Waals surface area contributed by atoms with Gasteiger partial charge in [0.15, 0.2) is 0 Å². The van der Waals surface area contributed by atoms with Crippen molar-refractivity contribution in [3.63, 3.8) is 0 Å². The number of hydrogen-bond acceptors (Lipinski definition) is 2. The monoisotopic (exact) mass is 289 g/mol. The Labute approximate surface area is 130 Å². The maximum Gasteiger partial charge on any atom is 0.119 e. The molecule has 1 unspecified atom stereocenters. The van der Waals surface area contributed by atoms with Crippen LogP contribution in [0.15, 0.2) is 18.2 Å². The van der Waals surface area contributed by atoms with Gasteiger partial charge in [0.05, 0.1) is 7.11 Å². The van der Waals surface area contributed by atoms with E-state index in [1.807, 2.05) is 0 Å². The van der Waals surface area contributed by atoms with Gasteiger partial charge in [0.25, 0.3) is 0 Å². The fourth-order valence-electron chi connectivity index (χ4n) is 3.97. The summed E-state index contributed by atoms with van der Waals surface area (Å²) in [6, 6.07) is 7.04. The van der Waals surface area contributed by atoms with Gasteiger partial charge in [-0.1, -0.05) is 32.8 Å². The Hall–Kier alpha value is -1.02. The van der Waals surface area contributed by atoms with E-state index < -0.39 is 0 Å². The Morgan fingerprint density at radius 1 is 1.24 bits per heavy atom. The summed E-state index contributed by atoms with van der Waals surface area (Å²) in [5.74, 6) is 0.961. The van der Waals surface area contributed by atoms with E-state index in [4.69, 9.17) is 4.74 Å². The molecule has 1 aliphatic rings. The third kappa shape index (κ3) is 3.42. The topological polar surface area (TPSA) is 21.3 Å². The van der Waals surface area contributed by atoms with Crippen molar-refractivity contribution in [3.8, 4) is 5.75 Å². The summed E-state index contributed by atoms with van der Waals surface area (Å²) in [4.78, 5) is 0. The van der Waals surface area contributed by atoms with Crippen molar-refractivity contribution in [2.24, 2.45) is 5.41 Å². The molecule has 1 N–H and O–H groups in total. The second kappa shape index (κ2) is 7.31. The molecule has 2 rings (SSSR count). The standard InChI is InChI=1S/C19H31NO/c1-5-13-20-18(19(6-2)11-7-8-12-19)17-10-9-16(21-4)14-15(17)3/h9-10,14,18,20H,5-8,11-13H2,1-4H3. The highest BCUT2D eigenvalue weighted by Gasteiger charge is 2.40. The van der Waals surface area contributed by atoms with Gasteiger partial charge in [-0.2, -0.15) is 0 Å². The fourth-order valence-corrected chi connectivity index (χ4v) is 3.97. The van der Waals surface area contributed by atoms with Crippen LogP contribution < -0.4 is 10.1 Å². The summed E-state index contributed by atoms with van der Waals surface area (Å²) in [5, 5.41) is 3.86. The predicted molar refractivity (Wildman–Crippen MR) is 90.0 cm³/mol. The second-order valence-corrected chi connectivity index (χ2v) is 6.53. The molecule has 0 saturated heterocycles. The molecule has 0 bridgehead atoms. The average Bonchev–Trinajstić information content (AvgIpc) is 2.99. The number of rotatable bonds is 7. The van der Waals surface area contributed by atoms with Gasteiger partial charge >= 0.3 is 0 Å². The first kappa shape index (κ1) is 16.4. The minimum Gasteiger partial charge on any atom is -0.497 e. The van der Waals surface area contributed by atoms with Crippen molar-refractivity contribution in [2.45, 2.75) is 65.3 Å². The first-order chi connectivity index (χ1) is 10.2. The van der Waals surface area contributed by atoms with Crippen molar-refractivity contribution in [3.05, 3.63) is 29.3 Å². The van der Waals surface area contributed by atoms with Crippen LogP contribution in [0.1, 0.15) is 69.5 Å². The van der Waals surface area contributed by atoms with Crippen LogP contribution in [0.25, 0.3) is 0 Å². The smallest absolute Gasteiger partial charge is 0.119 e. The predicted octanol–water partition coefficient (Wildman–Crippen LogP) is 5.01. The molecule has 1 aliphatic carbocycles. The second-order valence-electron chi connectivity index (χ2n) is 6.53. The van der Waals surface area contributed by atoms with Crippen LogP contribution in [0.2, 0.25) is 0 Å². The molecule has 1 atom stereocenters. The quantitative estimate of drug-likeness (QED) is 0.761. The van der Waals surface area contributed by atoms with Crippen molar-refractivity contribution in [2.75, 3.05) is 13.7 Å². The summed E-state index contributed by atoms with van der Waals surface area (Å²) < 4.78 is 5.37. The molecule has 1 aromatic carbocycles. The van der Waals surface area contributed by atoms with E-state index in [1.165, 1.54) is 49.7 Å². The largest absolute Gasteiger partial charge is 0.497 e. The molecule has 21 heavy (non-hydrogen) atoms. The zero-order valence-electron chi connectivity index (χ0n) is 14.2. The SMILES string of the molecule is CCCNC(c1ccc(OC)cc1C)C1(CC)CCCC1. The van der Waals surface area contributed by atoms with E-state index in [-0.39, 0.29) is 0 Å². The molecule has 0 aliphatic heterocycles. The van der Waals surface area contributed by atoms with Crippen LogP contribution in [0.5, 0.6) is 5.75 Å². The third-order valence-corrected chi connectivity index (χ3v) is 5.30.